The summed E-state index contributed by atoms with van der Waals surface area (Å²) >= 11 is 1.49. The van der Waals surface area contributed by atoms with Crippen molar-refractivity contribution in [3.8, 4) is 0 Å². The van der Waals surface area contributed by atoms with E-state index >= 15 is 0 Å². The van der Waals surface area contributed by atoms with Crippen molar-refractivity contribution in [2.45, 2.75) is 23.9 Å². The first kappa shape index (κ1) is 10.2. The Balaban J connectivity index is 2.30. The summed E-state index contributed by atoms with van der Waals surface area (Å²) in [6, 6.07) is 0.425. The molecule has 5 nitrogen and oxygen atoms in total. The summed E-state index contributed by atoms with van der Waals surface area (Å²) in [4.78, 5) is 19.4. The molecule has 15 heavy (non-hydrogen) atoms. The fourth-order valence-electron chi connectivity index (χ4n) is 1.17. The Labute approximate surface area is 91.9 Å². The van der Waals surface area contributed by atoms with Crippen molar-refractivity contribution in [2.75, 3.05) is 11.6 Å². The van der Waals surface area contributed by atoms with Gasteiger partial charge in [0.2, 0.25) is 0 Å². The second kappa shape index (κ2) is 4.06. The zero-order valence-corrected chi connectivity index (χ0v) is 9.17. The molecule has 1 amide bonds. The Hall–Kier alpha value is -1.30. The van der Waals surface area contributed by atoms with Gasteiger partial charge in [0, 0.05) is 6.04 Å². The minimum atomic E-state index is -0.543. The molecule has 6 heteroatoms. The molecule has 1 aliphatic carbocycles. The number of anilines is 1. The highest BCUT2D eigenvalue weighted by atomic mass is 32.2. The standard InChI is InChI=1S/C9H12N4OS/c1-15-6-4-11-7(8(10)14)9(13-6)12-5-2-3-5/h4-5H,2-3H2,1H3,(H2,10,14)(H,12,13). The highest BCUT2D eigenvalue weighted by Crippen LogP contribution is 2.25. The third-order valence-corrected chi connectivity index (χ3v) is 2.73. The maximum atomic E-state index is 11.1. The van der Waals surface area contributed by atoms with Crippen LogP contribution in [0.2, 0.25) is 0 Å². The summed E-state index contributed by atoms with van der Waals surface area (Å²) in [6.45, 7) is 0. The third kappa shape index (κ3) is 2.38. The zero-order valence-electron chi connectivity index (χ0n) is 8.36. The lowest BCUT2D eigenvalue weighted by molar-refractivity contribution is 0.0996. The average Bonchev–Trinajstić information content (AvgIpc) is 3.01. The molecule has 0 saturated heterocycles. The van der Waals surface area contributed by atoms with E-state index in [1.165, 1.54) is 11.8 Å². The number of hydrogen-bond donors (Lipinski definition) is 2. The fourth-order valence-corrected chi connectivity index (χ4v) is 1.51. The van der Waals surface area contributed by atoms with Crippen molar-refractivity contribution in [3.63, 3.8) is 0 Å². The van der Waals surface area contributed by atoms with Crippen LogP contribution in [0.5, 0.6) is 0 Å². The van der Waals surface area contributed by atoms with Crippen LogP contribution in [0.1, 0.15) is 23.3 Å². The minimum Gasteiger partial charge on any atom is -0.365 e. The molecule has 1 fully saturated rings. The van der Waals surface area contributed by atoms with Crippen molar-refractivity contribution in [2.24, 2.45) is 5.73 Å². The molecule has 0 aromatic carbocycles. The average molecular weight is 224 g/mol. The molecule has 3 N–H and O–H groups in total. The van der Waals surface area contributed by atoms with Crippen LogP contribution in [-0.4, -0.2) is 28.2 Å². The second-order valence-corrected chi connectivity index (χ2v) is 4.22. The molecule has 0 radical (unpaired) electrons. The Morgan fingerprint density at radius 1 is 1.67 bits per heavy atom. The van der Waals surface area contributed by atoms with Crippen LogP contribution in [0.25, 0.3) is 0 Å². The molecule has 0 bridgehead atoms. The van der Waals surface area contributed by atoms with Gasteiger partial charge in [0.05, 0.1) is 6.20 Å². The summed E-state index contributed by atoms with van der Waals surface area (Å²) in [5, 5.41) is 3.93. The van der Waals surface area contributed by atoms with Gasteiger partial charge in [-0.05, 0) is 19.1 Å². The molecular weight excluding hydrogens is 212 g/mol. The van der Waals surface area contributed by atoms with Gasteiger partial charge in [-0.1, -0.05) is 0 Å². The molecule has 1 saturated carbocycles. The van der Waals surface area contributed by atoms with Crippen LogP contribution in [0, 0.1) is 0 Å². The lowest BCUT2D eigenvalue weighted by Gasteiger charge is -2.07. The van der Waals surface area contributed by atoms with Gasteiger partial charge >= 0.3 is 0 Å². The summed E-state index contributed by atoms with van der Waals surface area (Å²) in [5.74, 6) is -0.0323. The SMILES string of the molecule is CSc1cnc(C(N)=O)c(NC2CC2)n1. The van der Waals surface area contributed by atoms with Crippen LogP contribution < -0.4 is 11.1 Å². The number of primary amides is 1. The van der Waals surface area contributed by atoms with Crippen molar-refractivity contribution in [1.29, 1.82) is 0 Å². The van der Waals surface area contributed by atoms with Crippen LogP contribution >= 0.6 is 11.8 Å². The van der Waals surface area contributed by atoms with Crippen LogP contribution in [0.4, 0.5) is 5.82 Å². The summed E-state index contributed by atoms with van der Waals surface area (Å²) in [7, 11) is 0. The first-order valence-electron chi connectivity index (χ1n) is 4.68. The predicted molar refractivity (Wildman–Crippen MR) is 59.0 cm³/mol. The highest BCUT2D eigenvalue weighted by molar-refractivity contribution is 7.98. The minimum absolute atomic E-state index is 0.222. The normalized spacial score (nSPS) is 15.0. The Bertz CT molecular complexity index is 392. The largest absolute Gasteiger partial charge is 0.365 e. The van der Waals surface area contributed by atoms with E-state index < -0.39 is 5.91 Å². The van der Waals surface area contributed by atoms with E-state index in [-0.39, 0.29) is 5.69 Å². The highest BCUT2D eigenvalue weighted by Gasteiger charge is 2.24. The Kier molecular flexibility index (Phi) is 2.77. The number of carbonyl (C=O) groups excluding carboxylic acids is 1. The first-order valence-corrected chi connectivity index (χ1v) is 5.90. The van der Waals surface area contributed by atoms with Crippen molar-refractivity contribution >= 4 is 23.5 Å². The van der Waals surface area contributed by atoms with E-state index in [2.05, 4.69) is 15.3 Å². The van der Waals surface area contributed by atoms with Gasteiger partial charge in [0.25, 0.3) is 5.91 Å². The van der Waals surface area contributed by atoms with Gasteiger partial charge in [-0.2, -0.15) is 0 Å². The smallest absolute Gasteiger partial charge is 0.271 e. The number of nitrogens with one attached hydrogen (secondary N) is 1. The summed E-state index contributed by atoms with van der Waals surface area (Å²) in [5.41, 5.74) is 5.44. The topological polar surface area (TPSA) is 80.9 Å². The van der Waals surface area contributed by atoms with Gasteiger partial charge in [0.1, 0.15) is 5.03 Å². The first-order chi connectivity index (χ1) is 7.20. The molecule has 1 aromatic heterocycles. The van der Waals surface area contributed by atoms with Gasteiger partial charge in [-0.15, -0.1) is 11.8 Å². The van der Waals surface area contributed by atoms with E-state index in [0.29, 0.717) is 11.9 Å². The molecule has 1 heterocycles. The number of nitrogens with two attached hydrogens (primary N) is 1. The molecule has 0 unspecified atom stereocenters. The molecule has 80 valence electrons. The molecule has 0 spiro atoms. The Morgan fingerprint density at radius 2 is 2.40 bits per heavy atom. The monoisotopic (exact) mass is 224 g/mol. The van der Waals surface area contributed by atoms with Gasteiger partial charge in [0.15, 0.2) is 11.5 Å². The molecule has 0 aliphatic heterocycles. The number of hydrogen-bond acceptors (Lipinski definition) is 5. The molecule has 1 aromatic rings. The quantitative estimate of drug-likeness (QED) is 0.742. The number of aromatic nitrogens is 2. The maximum Gasteiger partial charge on any atom is 0.271 e. The molecular formula is C9H12N4OS. The van der Waals surface area contributed by atoms with E-state index in [0.717, 1.165) is 17.9 Å². The molecule has 1 aliphatic rings. The Morgan fingerprint density at radius 3 is 2.93 bits per heavy atom. The summed E-state index contributed by atoms with van der Waals surface area (Å²) in [6.07, 6.45) is 5.70. The maximum absolute atomic E-state index is 11.1. The fraction of sp³-hybridized carbons (Fsp3) is 0.444. The van der Waals surface area contributed by atoms with Crippen LogP contribution in [0.3, 0.4) is 0 Å². The van der Waals surface area contributed by atoms with Crippen molar-refractivity contribution < 1.29 is 4.79 Å². The lowest BCUT2D eigenvalue weighted by atomic mass is 10.4. The van der Waals surface area contributed by atoms with Crippen molar-refractivity contribution in [3.05, 3.63) is 11.9 Å². The second-order valence-electron chi connectivity index (χ2n) is 3.39. The molecule has 0 atom stereocenters. The number of thioether (sulfide) groups is 1. The van der Waals surface area contributed by atoms with Crippen molar-refractivity contribution in [1.82, 2.24) is 9.97 Å². The zero-order chi connectivity index (χ0) is 10.8. The lowest BCUT2D eigenvalue weighted by Crippen LogP contribution is -2.18. The van der Waals surface area contributed by atoms with Crippen LogP contribution in [-0.2, 0) is 0 Å². The number of rotatable bonds is 4. The summed E-state index contributed by atoms with van der Waals surface area (Å²) < 4.78 is 0. The van der Waals surface area contributed by atoms with E-state index in [1.807, 2.05) is 6.26 Å². The number of amides is 1. The van der Waals surface area contributed by atoms with Gasteiger partial charge in [-0.25, -0.2) is 9.97 Å². The number of carbonyl (C=O) groups is 1. The van der Waals surface area contributed by atoms with Crippen LogP contribution in [0.15, 0.2) is 11.2 Å². The third-order valence-electron chi connectivity index (χ3n) is 2.11. The van der Waals surface area contributed by atoms with E-state index in [9.17, 15) is 4.79 Å². The van der Waals surface area contributed by atoms with E-state index in [1.54, 1.807) is 6.20 Å². The predicted octanol–water partition coefficient (Wildman–Crippen LogP) is 0.872. The van der Waals surface area contributed by atoms with E-state index in [4.69, 9.17) is 5.73 Å². The molecule has 2 rings (SSSR count). The van der Waals surface area contributed by atoms with Gasteiger partial charge in [-0.3, -0.25) is 4.79 Å². The van der Waals surface area contributed by atoms with Gasteiger partial charge < -0.3 is 11.1 Å². The number of nitrogens with zero attached hydrogens (tertiary/aromatic N) is 2.